The van der Waals surface area contributed by atoms with E-state index < -0.39 is 11.9 Å². The van der Waals surface area contributed by atoms with Crippen LogP contribution in [0, 0.1) is 0 Å². The standard InChI is InChI=1S/C11H16O5/c1-8(2)11(13)16-7-10(12)15-6-9-4-3-5-14-9/h9H,1,3-7H2,2H3. The fourth-order valence-electron chi connectivity index (χ4n) is 1.25. The first-order valence-corrected chi connectivity index (χ1v) is 5.19. The SMILES string of the molecule is C=C(C)C(=O)OCC(=O)OCC1CCCO1. The largest absolute Gasteiger partial charge is 0.460 e. The van der Waals surface area contributed by atoms with Gasteiger partial charge in [0.2, 0.25) is 0 Å². The lowest BCUT2D eigenvalue weighted by Gasteiger charge is -2.10. The average Bonchev–Trinajstić information content (AvgIpc) is 2.75. The molecule has 0 aliphatic carbocycles. The van der Waals surface area contributed by atoms with Crippen molar-refractivity contribution < 1.29 is 23.8 Å². The number of carbonyl (C=O) groups is 2. The maximum absolute atomic E-state index is 11.1. The van der Waals surface area contributed by atoms with E-state index in [0.29, 0.717) is 6.61 Å². The van der Waals surface area contributed by atoms with Gasteiger partial charge in [0, 0.05) is 12.2 Å². The van der Waals surface area contributed by atoms with Crippen molar-refractivity contribution >= 4 is 11.9 Å². The van der Waals surface area contributed by atoms with E-state index >= 15 is 0 Å². The maximum atomic E-state index is 11.1. The van der Waals surface area contributed by atoms with E-state index in [4.69, 9.17) is 9.47 Å². The molecule has 0 aromatic carbocycles. The summed E-state index contributed by atoms with van der Waals surface area (Å²) in [5, 5.41) is 0. The first kappa shape index (κ1) is 12.7. The van der Waals surface area contributed by atoms with E-state index in [1.54, 1.807) is 0 Å². The Balaban J connectivity index is 2.10. The Labute approximate surface area is 94.4 Å². The summed E-state index contributed by atoms with van der Waals surface area (Å²) in [7, 11) is 0. The van der Waals surface area contributed by atoms with E-state index in [-0.39, 0.29) is 24.9 Å². The van der Waals surface area contributed by atoms with Crippen molar-refractivity contribution in [2.45, 2.75) is 25.9 Å². The number of hydrogen-bond donors (Lipinski definition) is 0. The van der Waals surface area contributed by atoms with Crippen molar-refractivity contribution in [1.82, 2.24) is 0 Å². The molecule has 1 fully saturated rings. The number of carbonyl (C=O) groups excluding carboxylic acids is 2. The van der Waals surface area contributed by atoms with Crippen LogP contribution in [0.2, 0.25) is 0 Å². The molecule has 0 amide bonds. The molecule has 1 rings (SSSR count). The molecule has 0 spiro atoms. The quantitative estimate of drug-likeness (QED) is 0.515. The van der Waals surface area contributed by atoms with Crippen molar-refractivity contribution in [1.29, 1.82) is 0 Å². The van der Waals surface area contributed by atoms with Crippen LogP contribution < -0.4 is 0 Å². The molecular formula is C11H16O5. The van der Waals surface area contributed by atoms with Crippen LogP contribution in [0.3, 0.4) is 0 Å². The molecular weight excluding hydrogens is 212 g/mol. The van der Waals surface area contributed by atoms with Crippen LogP contribution in [0.25, 0.3) is 0 Å². The molecule has 0 radical (unpaired) electrons. The van der Waals surface area contributed by atoms with Gasteiger partial charge in [0.05, 0.1) is 6.10 Å². The Kier molecular flexibility index (Phi) is 4.98. The minimum atomic E-state index is -0.589. The van der Waals surface area contributed by atoms with Crippen molar-refractivity contribution in [3.63, 3.8) is 0 Å². The second-order valence-corrected chi connectivity index (χ2v) is 3.67. The Hall–Kier alpha value is -1.36. The lowest BCUT2D eigenvalue weighted by atomic mass is 10.2. The molecule has 0 saturated carbocycles. The fraction of sp³-hybridized carbons (Fsp3) is 0.636. The Morgan fingerprint density at radius 2 is 2.19 bits per heavy atom. The van der Waals surface area contributed by atoms with Crippen molar-refractivity contribution in [3.05, 3.63) is 12.2 Å². The number of hydrogen-bond acceptors (Lipinski definition) is 5. The summed E-state index contributed by atoms with van der Waals surface area (Å²) in [6.07, 6.45) is 1.88. The van der Waals surface area contributed by atoms with E-state index in [2.05, 4.69) is 11.3 Å². The molecule has 5 heteroatoms. The third-order valence-electron chi connectivity index (χ3n) is 2.12. The third kappa shape index (κ3) is 4.44. The molecule has 0 aromatic rings. The topological polar surface area (TPSA) is 61.8 Å². The van der Waals surface area contributed by atoms with Crippen LogP contribution in [0.15, 0.2) is 12.2 Å². The Bertz CT molecular complexity index is 278. The van der Waals surface area contributed by atoms with Gasteiger partial charge < -0.3 is 14.2 Å². The monoisotopic (exact) mass is 228 g/mol. The molecule has 1 unspecified atom stereocenters. The molecule has 1 heterocycles. The van der Waals surface area contributed by atoms with Gasteiger partial charge in [-0.15, -0.1) is 0 Å². The van der Waals surface area contributed by atoms with Crippen LogP contribution in [0.5, 0.6) is 0 Å². The van der Waals surface area contributed by atoms with Crippen LogP contribution >= 0.6 is 0 Å². The zero-order valence-corrected chi connectivity index (χ0v) is 9.36. The van der Waals surface area contributed by atoms with Gasteiger partial charge in [-0.1, -0.05) is 6.58 Å². The zero-order valence-electron chi connectivity index (χ0n) is 9.36. The molecule has 90 valence electrons. The Morgan fingerprint density at radius 1 is 1.44 bits per heavy atom. The summed E-state index contributed by atoms with van der Waals surface area (Å²) in [5.41, 5.74) is 0.256. The van der Waals surface area contributed by atoms with Crippen molar-refractivity contribution in [2.24, 2.45) is 0 Å². The van der Waals surface area contributed by atoms with Gasteiger partial charge in [-0.3, -0.25) is 0 Å². The highest BCUT2D eigenvalue weighted by Gasteiger charge is 2.18. The lowest BCUT2D eigenvalue weighted by Crippen LogP contribution is -2.22. The van der Waals surface area contributed by atoms with Crippen LogP contribution in [-0.2, 0) is 23.8 Å². The minimum Gasteiger partial charge on any atom is -0.460 e. The molecule has 1 aliphatic heterocycles. The lowest BCUT2D eigenvalue weighted by molar-refractivity contribution is -0.158. The van der Waals surface area contributed by atoms with Gasteiger partial charge in [-0.2, -0.15) is 0 Å². The van der Waals surface area contributed by atoms with Gasteiger partial charge in [-0.05, 0) is 19.8 Å². The smallest absolute Gasteiger partial charge is 0.344 e. The van der Waals surface area contributed by atoms with E-state index in [9.17, 15) is 9.59 Å². The summed E-state index contributed by atoms with van der Waals surface area (Å²) < 4.78 is 14.8. The molecule has 0 aromatic heterocycles. The van der Waals surface area contributed by atoms with Gasteiger partial charge in [0.25, 0.3) is 0 Å². The van der Waals surface area contributed by atoms with Gasteiger partial charge in [-0.25, -0.2) is 9.59 Å². The fourth-order valence-corrected chi connectivity index (χ4v) is 1.25. The minimum absolute atomic E-state index is 0.0132. The number of esters is 2. The molecule has 1 aliphatic rings. The predicted molar refractivity (Wildman–Crippen MR) is 55.7 cm³/mol. The first-order valence-electron chi connectivity index (χ1n) is 5.19. The summed E-state index contributed by atoms with van der Waals surface area (Å²) >= 11 is 0. The highest BCUT2D eigenvalue weighted by atomic mass is 16.6. The predicted octanol–water partition coefficient (Wildman–Crippen LogP) is 0.828. The maximum Gasteiger partial charge on any atom is 0.344 e. The van der Waals surface area contributed by atoms with Crippen molar-refractivity contribution in [2.75, 3.05) is 19.8 Å². The molecule has 1 saturated heterocycles. The van der Waals surface area contributed by atoms with Gasteiger partial charge >= 0.3 is 11.9 Å². The third-order valence-corrected chi connectivity index (χ3v) is 2.12. The van der Waals surface area contributed by atoms with E-state index in [1.165, 1.54) is 6.92 Å². The normalized spacial score (nSPS) is 19.2. The van der Waals surface area contributed by atoms with Crippen LogP contribution in [0.4, 0.5) is 0 Å². The summed E-state index contributed by atoms with van der Waals surface area (Å²) in [6.45, 7) is 5.47. The van der Waals surface area contributed by atoms with Crippen LogP contribution in [-0.4, -0.2) is 37.9 Å². The summed E-state index contributed by atoms with van der Waals surface area (Å²) in [6, 6.07) is 0. The van der Waals surface area contributed by atoms with Crippen molar-refractivity contribution in [3.8, 4) is 0 Å². The second-order valence-electron chi connectivity index (χ2n) is 3.67. The molecule has 0 bridgehead atoms. The zero-order chi connectivity index (χ0) is 12.0. The number of rotatable bonds is 5. The van der Waals surface area contributed by atoms with E-state index in [0.717, 1.165) is 12.8 Å². The van der Waals surface area contributed by atoms with E-state index in [1.807, 2.05) is 0 Å². The van der Waals surface area contributed by atoms with Gasteiger partial charge in [0.15, 0.2) is 6.61 Å². The first-order chi connectivity index (χ1) is 7.59. The Morgan fingerprint density at radius 3 is 2.75 bits per heavy atom. The average molecular weight is 228 g/mol. The highest BCUT2D eigenvalue weighted by molar-refractivity contribution is 5.88. The van der Waals surface area contributed by atoms with Gasteiger partial charge in [0.1, 0.15) is 6.61 Å². The van der Waals surface area contributed by atoms with Crippen LogP contribution in [0.1, 0.15) is 19.8 Å². The molecule has 1 atom stereocenters. The molecule has 5 nitrogen and oxygen atoms in total. The highest BCUT2D eigenvalue weighted by Crippen LogP contribution is 2.11. The molecule has 16 heavy (non-hydrogen) atoms. The second kappa shape index (κ2) is 6.27. The molecule has 0 N–H and O–H groups in total. The summed E-state index contributed by atoms with van der Waals surface area (Å²) in [5.74, 6) is -1.15. The number of ether oxygens (including phenoxy) is 3. The summed E-state index contributed by atoms with van der Waals surface area (Å²) in [4.78, 5) is 22.1.